The first kappa shape index (κ1) is 17.6. The summed E-state index contributed by atoms with van der Waals surface area (Å²) in [5.74, 6) is 1.22. The van der Waals surface area contributed by atoms with Crippen molar-refractivity contribution in [3.8, 4) is 0 Å². The van der Waals surface area contributed by atoms with Crippen molar-refractivity contribution in [3.05, 3.63) is 0 Å². The van der Waals surface area contributed by atoms with Gasteiger partial charge < -0.3 is 15.7 Å². The molecule has 0 aromatic carbocycles. The molecule has 0 aliphatic heterocycles. The van der Waals surface area contributed by atoms with E-state index in [2.05, 4.69) is 24.5 Å². The molecule has 0 fully saturated rings. The summed E-state index contributed by atoms with van der Waals surface area (Å²) in [5, 5.41) is 15.5. The predicted molar refractivity (Wildman–Crippen MR) is 79.1 cm³/mol. The van der Waals surface area contributed by atoms with Crippen LogP contribution < -0.4 is 10.6 Å². The van der Waals surface area contributed by atoms with E-state index < -0.39 is 5.60 Å². The van der Waals surface area contributed by atoms with Gasteiger partial charge >= 0.3 is 6.03 Å². The van der Waals surface area contributed by atoms with Gasteiger partial charge in [0, 0.05) is 18.3 Å². The third-order valence-electron chi connectivity index (χ3n) is 2.92. The predicted octanol–water partition coefficient (Wildman–Crippen LogP) is 2.22. The number of nitrogens with one attached hydrogen (secondary N) is 2. The van der Waals surface area contributed by atoms with Crippen molar-refractivity contribution >= 4 is 17.8 Å². The van der Waals surface area contributed by atoms with Crippen LogP contribution in [-0.2, 0) is 0 Å². The normalized spacial score (nSPS) is 17.7. The van der Waals surface area contributed by atoms with Gasteiger partial charge in [-0.05, 0) is 32.4 Å². The molecule has 18 heavy (non-hydrogen) atoms. The van der Waals surface area contributed by atoms with Gasteiger partial charge in [0.25, 0.3) is 0 Å². The van der Waals surface area contributed by atoms with E-state index in [4.69, 9.17) is 0 Å². The maximum absolute atomic E-state index is 11.6. The van der Waals surface area contributed by atoms with Gasteiger partial charge in [-0.3, -0.25) is 0 Å². The fourth-order valence-corrected chi connectivity index (χ4v) is 2.46. The molecule has 0 heterocycles. The van der Waals surface area contributed by atoms with Crippen molar-refractivity contribution in [1.82, 2.24) is 10.6 Å². The summed E-state index contributed by atoms with van der Waals surface area (Å²) in [7, 11) is 0. The molecule has 108 valence electrons. The summed E-state index contributed by atoms with van der Waals surface area (Å²) in [4.78, 5) is 11.6. The molecule has 0 aliphatic carbocycles. The molecule has 5 heteroatoms. The Bertz CT molecular complexity index is 247. The Kier molecular flexibility index (Phi) is 8.44. The van der Waals surface area contributed by atoms with E-state index in [0.29, 0.717) is 11.7 Å². The van der Waals surface area contributed by atoms with Crippen molar-refractivity contribution in [2.75, 3.05) is 18.6 Å². The van der Waals surface area contributed by atoms with E-state index >= 15 is 0 Å². The van der Waals surface area contributed by atoms with Crippen LogP contribution in [-0.4, -0.2) is 41.3 Å². The van der Waals surface area contributed by atoms with Crippen LogP contribution in [0.5, 0.6) is 0 Å². The van der Waals surface area contributed by atoms with Crippen molar-refractivity contribution in [3.63, 3.8) is 0 Å². The highest BCUT2D eigenvalue weighted by Crippen LogP contribution is 2.10. The number of rotatable bonds is 8. The van der Waals surface area contributed by atoms with Crippen LogP contribution in [0.3, 0.4) is 0 Å². The van der Waals surface area contributed by atoms with Gasteiger partial charge in [0.2, 0.25) is 0 Å². The first-order valence-electron chi connectivity index (χ1n) is 6.56. The van der Waals surface area contributed by atoms with Crippen molar-refractivity contribution in [2.24, 2.45) is 5.92 Å². The SMILES string of the molecule is CCC(C)CC(C)NC(=O)NCC(C)(O)CSC. The van der Waals surface area contributed by atoms with Gasteiger partial charge in [-0.25, -0.2) is 4.79 Å². The Morgan fingerprint density at radius 3 is 2.56 bits per heavy atom. The molecule has 3 unspecified atom stereocenters. The van der Waals surface area contributed by atoms with E-state index in [1.165, 1.54) is 0 Å². The molecule has 0 bridgehead atoms. The number of hydrogen-bond acceptors (Lipinski definition) is 3. The molecule has 2 amide bonds. The van der Waals surface area contributed by atoms with Crippen molar-refractivity contribution < 1.29 is 9.90 Å². The smallest absolute Gasteiger partial charge is 0.315 e. The monoisotopic (exact) mass is 276 g/mol. The highest BCUT2D eigenvalue weighted by atomic mass is 32.2. The van der Waals surface area contributed by atoms with Gasteiger partial charge in [-0.2, -0.15) is 11.8 Å². The first-order chi connectivity index (χ1) is 8.30. The molecule has 0 aromatic heterocycles. The topological polar surface area (TPSA) is 61.4 Å². The zero-order chi connectivity index (χ0) is 14.2. The Morgan fingerprint density at radius 1 is 1.44 bits per heavy atom. The fraction of sp³-hybridized carbons (Fsp3) is 0.923. The third-order valence-corrected chi connectivity index (χ3v) is 3.83. The van der Waals surface area contributed by atoms with Crippen LogP contribution in [0.25, 0.3) is 0 Å². The quantitative estimate of drug-likeness (QED) is 0.637. The lowest BCUT2D eigenvalue weighted by Gasteiger charge is -2.24. The third kappa shape index (κ3) is 8.64. The summed E-state index contributed by atoms with van der Waals surface area (Å²) < 4.78 is 0. The molecule has 0 aliphatic rings. The standard InChI is InChI=1S/C13H28N2O2S/c1-6-10(2)7-11(3)15-12(16)14-8-13(4,17)9-18-5/h10-11,17H,6-9H2,1-5H3,(H2,14,15,16). The minimum atomic E-state index is -0.850. The summed E-state index contributed by atoms with van der Waals surface area (Å²) >= 11 is 1.56. The second-order valence-electron chi connectivity index (χ2n) is 5.41. The van der Waals surface area contributed by atoms with Crippen molar-refractivity contribution in [2.45, 2.75) is 52.2 Å². The number of carbonyl (C=O) groups is 1. The largest absolute Gasteiger partial charge is 0.387 e. The number of hydrogen-bond donors (Lipinski definition) is 3. The van der Waals surface area contributed by atoms with E-state index in [9.17, 15) is 9.90 Å². The summed E-state index contributed by atoms with van der Waals surface area (Å²) in [6.07, 6.45) is 4.03. The fourth-order valence-electron chi connectivity index (χ4n) is 1.74. The molecule has 0 saturated carbocycles. The van der Waals surface area contributed by atoms with Crippen LogP contribution >= 0.6 is 11.8 Å². The highest BCUT2D eigenvalue weighted by Gasteiger charge is 2.20. The lowest BCUT2D eigenvalue weighted by molar-refractivity contribution is 0.0867. The minimum absolute atomic E-state index is 0.158. The number of amides is 2. The van der Waals surface area contributed by atoms with Gasteiger partial charge in [0.15, 0.2) is 0 Å². The Hall–Kier alpha value is -0.420. The summed E-state index contributed by atoms with van der Waals surface area (Å²) in [6, 6.07) is -0.0439. The average Bonchev–Trinajstić information content (AvgIpc) is 2.26. The second kappa shape index (κ2) is 8.64. The molecular formula is C13H28N2O2S. The lowest BCUT2D eigenvalue weighted by atomic mass is 10.0. The Balaban J connectivity index is 3.90. The van der Waals surface area contributed by atoms with Gasteiger partial charge in [-0.1, -0.05) is 20.3 Å². The highest BCUT2D eigenvalue weighted by molar-refractivity contribution is 7.98. The molecule has 3 N–H and O–H groups in total. The van der Waals surface area contributed by atoms with E-state index in [0.717, 1.165) is 12.8 Å². The maximum atomic E-state index is 11.6. The van der Waals surface area contributed by atoms with Crippen LogP contribution in [0.15, 0.2) is 0 Å². The second-order valence-corrected chi connectivity index (χ2v) is 6.27. The van der Waals surface area contributed by atoms with Gasteiger partial charge in [-0.15, -0.1) is 0 Å². The van der Waals surface area contributed by atoms with Crippen molar-refractivity contribution in [1.29, 1.82) is 0 Å². The molecule has 4 nitrogen and oxygen atoms in total. The van der Waals surface area contributed by atoms with E-state index in [1.54, 1.807) is 18.7 Å². The molecule has 0 aromatic rings. The lowest BCUT2D eigenvalue weighted by Crippen LogP contribution is -2.48. The van der Waals surface area contributed by atoms with Crippen LogP contribution in [0.1, 0.15) is 40.5 Å². The molecule has 0 rings (SSSR count). The minimum Gasteiger partial charge on any atom is -0.387 e. The zero-order valence-corrected chi connectivity index (χ0v) is 13.1. The van der Waals surface area contributed by atoms with Crippen LogP contribution in [0.4, 0.5) is 4.79 Å². The molecule has 0 spiro atoms. The number of thioether (sulfide) groups is 1. The first-order valence-corrected chi connectivity index (χ1v) is 7.95. The Morgan fingerprint density at radius 2 is 2.06 bits per heavy atom. The van der Waals surface area contributed by atoms with Crippen LogP contribution in [0, 0.1) is 5.92 Å². The molecule has 3 atom stereocenters. The molecule has 0 radical (unpaired) electrons. The number of urea groups is 1. The summed E-state index contributed by atoms with van der Waals surface area (Å²) in [6.45, 7) is 8.34. The van der Waals surface area contributed by atoms with Gasteiger partial charge in [0.1, 0.15) is 0 Å². The zero-order valence-electron chi connectivity index (χ0n) is 12.2. The summed E-state index contributed by atoms with van der Waals surface area (Å²) in [5.41, 5.74) is -0.850. The number of carbonyl (C=O) groups excluding carboxylic acids is 1. The van der Waals surface area contributed by atoms with Gasteiger partial charge in [0.05, 0.1) is 5.60 Å². The Labute approximate surface area is 115 Å². The van der Waals surface area contributed by atoms with E-state index in [1.807, 2.05) is 13.2 Å². The molecular weight excluding hydrogens is 248 g/mol. The molecule has 0 saturated heterocycles. The van der Waals surface area contributed by atoms with Crippen LogP contribution in [0.2, 0.25) is 0 Å². The number of aliphatic hydroxyl groups is 1. The average molecular weight is 276 g/mol. The van der Waals surface area contributed by atoms with E-state index in [-0.39, 0.29) is 18.6 Å². The maximum Gasteiger partial charge on any atom is 0.315 e.